The highest BCUT2D eigenvalue weighted by Crippen LogP contribution is 2.40. The van der Waals surface area contributed by atoms with Crippen LogP contribution in [-0.2, 0) is 25.3 Å². The van der Waals surface area contributed by atoms with Gasteiger partial charge >= 0.3 is 11.7 Å². The number of diazo groups is 1. The normalized spacial score (nSPS) is 22.9. The van der Waals surface area contributed by atoms with Crippen LogP contribution in [0.4, 0.5) is 0 Å². The van der Waals surface area contributed by atoms with E-state index in [0.717, 1.165) is 18.4 Å². The van der Waals surface area contributed by atoms with Gasteiger partial charge in [0.05, 0.1) is 12.7 Å². The van der Waals surface area contributed by atoms with Gasteiger partial charge in [0.1, 0.15) is 12.2 Å². The molecular formula is C23H35N2O5Si+. The Hall–Kier alpha value is -2.21. The lowest BCUT2D eigenvalue weighted by molar-refractivity contribution is -0.163. The predicted molar refractivity (Wildman–Crippen MR) is 121 cm³/mol. The maximum Gasteiger partial charge on any atom is 0.504 e. The Labute approximate surface area is 186 Å². The lowest BCUT2D eigenvalue weighted by Gasteiger charge is -2.45. The van der Waals surface area contributed by atoms with E-state index in [1.165, 1.54) is 6.92 Å². The Morgan fingerprint density at radius 2 is 1.81 bits per heavy atom. The number of aliphatic hydroxyl groups excluding tert-OH is 1. The second kappa shape index (κ2) is 10.4. The van der Waals surface area contributed by atoms with Crippen molar-refractivity contribution >= 4 is 14.3 Å². The summed E-state index contributed by atoms with van der Waals surface area (Å²) in [7, 11) is -2.20. The summed E-state index contributed by atoms with van der Waals surface area (Å²) in [5.41, 5.74) is 0.561. The van der Waals surface area contributed by atoms with E-state index in [1.807, 2.05) is 30.3 Å². The van der Waals surface area contributed by atoms with Crippen molar-refractivity contribution in [1.82, 2.24) is 0 Å². The van der Waals surface area contributed by atoms with Crippen LogP contribution in [0.2, 0.25) is 18.1 Å². The number of carbonyl (C=O) groups is 1. The number of esters is 1. The van der Waals surface area contributed by atoms with Gasteiger partial charge in [-0.1, -0.05) is 51.1 Å². The number of aliphatic hydroxyl groups is 1. The first-order valence-electron chi connectivity index (χ1n) is 10.8. The molecule has 2 rings (SSSR count). The fraction of sp³-hybridized carbons (Fsp3) is 0.609. The molecule has 31 heavy (non-hydrogen) atoms. The van der Waals surface area contributed by atoms with E-state index >= 15 is 0 Å². The average molecular weight is 448 g/mol. The highest BCUT2D eigenvalue weighted by molar-refractivity contribution is 6.74. The third kappa shape index (κ3) is 6.63. The van der Waals surface area contributed by atoms with Gasteiger partial charge in [-0.05, 0) is 43.0 Å². The molecule has 0 aliphatic heterocycles. The summed E-state index contributed by atoms with van der Waals surface area (Å²) in [6.07, 6.45) is 0.969. The quantitative estimate of drug-likeness (QED) is 0.189. The Morgan fingerprint density at radius 3 is 2.35 bits per heavy atom. The molecule has 8 heteroatoms. The lowest BCUT2D eigenvalue weighted by Crippen LogP contribution is -2.54. The summed E-state index contributed by atoms with van der Waals surface area (Å²) in [4.78, 5) is 15.4. The van der Waals surface area contributed by atoms with Gasteiger partial charge in [-0.2, -0.15) is 0 Å². The van der Waals surface area contributed by atoms with E-state index in [4.69, 9.17) is 19.3 Å². The third-order valence-corrected chi connectivity index (χ3v) is 10.6. The summed E-state index contributed by atoms with van der Waals surface area (Å²) >= 11 is 0. The number of ether oxygens (including phenoxy) is 2. The van der Waals surface area contributed by atoms with Gasteiger partial charge in [0.2, 0.25) is 5.39 Å². The number of allylic oxidation sites excluding steroid dienone is 1. The molecule has 1 aromatic rings. The largest absolute Gasteiger partial charge is 0.505 e. The average Bonchev–Trinajstić information content (AvgIpc) is 2.68. The first-order chi connectivity index (χ1) is 14.5. The van der Waals surface area contributed by atoms with Crippen LogP contribution in [0.1, 0.15) is 52.5 Å². The number of hydrogen-bond donors (Lipinski definition) is 1. The van der Waals surface area contributed by atoms with Gasteiger partial charge in [0.25, 0.3) is 0 Å². The van der Waals surface area contributed by atoms with E-state index in [2.05, 4.69) is 38.8 Å². The van der Waals surface area contributed by atoms with Crippen molar-refractivity contribution in [3.8, 4) is 0 Å². The molecule has 1 aliphatic rings. The summed E-state index contributed by atoms with van der Waals surface area (Å²) in [6, 6.07) is 9.92. The number of rotatable bonds is 7. The number of benzene rings is 1. The van der Waals surface area contributed by atoms with Gasteiger partial charge < -0.3 is 19.0 Å². The van der Waals surface area contributed by atoms with Gasteiger partial charge in [0.15, 0.2) is 19.1 Å². The second-order valence-electron chi connectivity index (χ2n) is 9.59. The molecule has 0 unspecified atom stereocenters. The summed E-state index contributed by atoms with van der Waals surface area (Å²) in [5, 5.41) is 18.7. The van der Waals surface area contributed by atoms with Crippen molar-refractivity contribution in [3.05, 3.63) is 52.3 Å². The molecule has 0 radical (unpaired) electrons. The van der Waals surface area contributed by atoms with Crippen LogP contribution in [-0.4, -0.2) is 37.7 Å². The zero-order valence-electron chi connectivity index (χ0n) is 19.4. The fourth-order valence-electron chi connectivity index (χ4n) is 3.29. The molecule has 7 nitrogen and oxygen atoms in total. The molecule has 0 spiro atoms. The molecule has 0 bridgehead atoms. The molecule has 0 amide bonds. The van der Waals surface area contributed by atoms with E-state index in [0.29, 0.717) is 13.0 Å². The minimum absolute atomic E-state index is 0.0316. The third-order valence-electron chi connectivity index (χ3n) is 6.15. The number of carbonyl (C=O) groups excluding carboxylic acids is 1. The predicted octanol–water partition coefficient (Wildman–Crippen LogP) is 5.70. The highest BCUT2D eigenvalue weighted by Gasteiger charge is 2.46. The number of hydrogen-bond acceptors (Lipinski definition) is 6. The molecule has 170 valence electrons. The minimum Gasteiger partial charge on any atom is -0.505 e. The molecule has 1 aromatic carbocycles. The molecule has 3 atom stereocenters. The zero-order chi connectivity index (χ0) is 23.2. The molecule has 1 N–H and O–H groups in total. The minimum atomic E-state index is -2.20. The monoisotopic (exact) mass is 447 g/mol. The first-order valence-corrected chi connectivity index (χ1v) is 13.7. The van der Waals surface area contributed by atoms with E-state index < -0.39 is 38.0 Å². The van der Waals surface area contributed by atoms with E-state index in [-0.39, 0.29) is 11.1 Å². The second-order valence-corrected chi connectivity index (χ2v) is 14.3. The summed E-state index contributed by atoms with van der Waals surface area (Å²) in [5.74, 6) is -1.28. The smallest absolute Gasteiger partial charge is 0.504 e. The van der Waals surface area contributed by atoms with Crippen molar-refractivity contribution in [3.63, 3.8) is 0 Å². The molecular weight excluding hydrogens is 412 g/mol. The Bertz CT molecular complexity index is 823. The zero-order valence-corrected chi connectivity index (χ0v) is 20.4. The van der Waals surface area contributed by atoms with E-state index in [9.17, 15) is 9.90 Å². The Kier molecular flexibility index (Phi) is 8.40. The van der Waals surface area contributed by atoms with Crippen LogP contribution >= 0.6 is 0 Å². The van der Waals surface area contributed by atoms with Crippen molar-refractivity contribution in [2.75, 3.05) is 0 Å². The van der Waals surface area contributed by atoms with Crippen LogP contribution in [0.25, 0.3) is 4.98 Å². The summed E-state index contributed by atoms with van der Waals surface area (Å²) in [6.45, 7) is 12.5. The molecule has 1 aliphatic carbocycles. The standard InChI is InChI=1S/C23H34N2O5Si/c1-16(26)20(25-24)22(27)29-19-14-10-13-18(28-15-17-11-8-7-9-12-17)21(19)30-31(5,6)23(2,3)4/h7-9,11-12,18-19,21H,10,13-15H2,1-6H3/p+1/t18-,19-,21-/m1/s1. The molecule has 1 saturated carbocycles. The van der Waals surface area contributed by atoms with Gasteiger partial charge in [-0.3, -0.25) is 0 Å². The van der Waals surface area contributed by atoms with Crippen molar-refractivity contribution < 1.29 is 23.8 Å². The summed E-state index contributed by atoms with van der Waals surface area (Å²) < 4.78 is 18.6. The highest BCUT2D eigenvalue weighted by atomic mass is 28.4. The Morgan fingerprint density at radius 1 is 1.19 bits per heavy atom. The van der Waals surface area contributed by atoms with Gasteiger partial charge in [-0.25, -0.2) is 4.79 Å². The van der Waals surface area contributed by atoms with Crippen LogP contribution in [0, 0.1) is 5.39 Å². The van der Waals surface area contributed by atoms with Crippen molar-refractivity contribution in [2.45, 2.75) is 90.0 Å². The molecule has 0 heterocycles. The van der Waals surface area contributed by atoms with Crippen LogP contribution in [0.15, 0.2) is 41.8 Å². The Balaban J connectivity index is 2.26. The number of nitrogens with zero attached hydrogens (tertiary/aromatic N) is 2. The SMILES string of the molecule is C/C(O)=C(\[N+]#N)C(=O)O[C@@H]1CCC[C@@H](OCc2ccccc2)[C@H]1O[Si](C)(C)C(C)(C)C. The fourth-order valence-corrected chi connectivity index (χ4v) is 4.63. The van der Waals surface area contributed by atoms with E-state index in [1.54, 1.807) is 0 Å². The lowest BCUT2D eigenvalue weighted by atomic mass is 9.91. The van der Waals surface area contributed by atoms with Gasteiger partial charge in [-0.15, -0.1) is 0 Å². The van der Waals surface area contributed by atoms with Crippen LogP contribution in [0.3, 0.4) is 0 Å². The molecule has 1 fully saturated rings. The van der Waals surface area contributed by atoms with Crippen LogP contribution in [0.5, 0.6) is 0 Å². The molecule has 0 aromatic heterocycles. The van der Waals surface area contributed by atoms with Crippen molar-refractivity contribution in [1.29, 1.82) is 5.39 Å². The molecule has 0 saturated heterocycles. The topological polar surface area (TPSA) is 93.1 Å². The maximum absolute atomic E-state index is 12.5. The van der Waals surface area contributed by atoms with Crippen molar-refractivity contribution in [2.24, 2.45) is 0 Å². The first kappa shape index (κ1) is 25.1. The van der Waals surface area contributed by atoms with Gasteiger partial charge in [0, 0.05) is 6.92 Å². The van der Waals surface area contributed by atoms with Crippen LogP contribution < -0.4 is 0 Å². The maximum atomic E-state index is 12.5.